The van der Waals surface area contributed by atoms with Gasteiger partial charge in [-0.15, -0.1) is 5.10 Å². The van der Waals surface area contributed by atoms with E-state index in [0.29, 0.717) is 10.6 Å². The molecule has 1 aromatic heterocycles. The van der Waals surface area contributed by atoms with Crippen LogP contribution in [0.25, 0.3) is 5.69 Å². The molecule has 1 heterocycles. The Kier molecular flexibility index (Phi) is 4.02. The Morgan fingerprint density at radius 3 is 2.62 bits per heavy atom. The van der Waals surface area contributed by atoms with Crippen molar-refractivity contribution in [2.24, 2.45) is 0 Å². The molecule has 9 nitrogen and oxygen atoms in total. The lowest BCUT2D eigenvalue weighted by atomic mass is 10.3. The van der Waals surface area contributed by atoms with Gasteiger partial charge in [0.25, 0.3) is 0 Å². The molecule has 1 amide bonds. The number of para-hydroxylation sites is 1. The SMILES string of the molecule is COC(=O)N(CC(=O)O)c1nn(-c2ccccc2)c(=O)[nH]1. The Morgan fingerprint density at radius 2 is 2.05 bits per heavy atom. The molecule has 0 spiro atoms. The van der Waals surface area contributed by atoms with Gasteiger partial charge in [0.05, 0.1) is 12.8 Å². The van der Waals surface area contributed by atoms with E-state index in [-0.39, 0.29) is 5.95 Å². The van der Waals surface area contributed by atoms with Gasteiger partial charge in [-0.3, -0.25) is 9.78 Å². The summed E-state index contributed by atoms with van der Waals surface area (Å²) in [5.41, 5.74) is -0.124. The molecule has 0 atom stereocenters. The number of methoxy groups -OCH3 is 1. The first-order chi connectivity index (χ1) is 10.0. The number of H-pyrrole nitrogens is 1. The Bertz CT molecular complexity index is 706. The molecule has 0 unspecified atom stereocenters. The molecular weight excluding hydrogens is 280 g/mol. The summed E-state index contributed by atoms with van der Waals surface area (Å²) in [5, 5.41) is 12.7. The summed E-state index contributed by atoms with van der Waals surface area (Å²) < 4.78 is 5.50. The monoisotopic (exact) mass is 292 g/mol. The molecule has 0 radical (unpaired) electrons. The molecule has 2 aromatic rings. The maximum absolute atomic E-state index is 11.9. The number of hydrogen-bond acceptors (Lipinski definition) is 5. The summed E-state index contributed by atoms with van der Waals surface area (Å²) in [6, 6.07) is 8.49. The van der Waals surface area contributed by atoms with Crippen LogP contribution in [0.2, 0.25) is 0 Å². The minimum absolute atomic E-state index is 0.210. The number of aromatic nitrogens is 3. The highest BCUT2D eigenvalue weighted by Crippen LogP contribution is 2.09. The van der Waals surface area contributed by atoms with E-state index in [1.807, 2.05) is 0 Å². The Labute approximate surface area is 118 Å². The lowest BCUT2D eigenvalue weighted by Gasteiger charge is -2.14. The van der Waals surface area contributed by atoms with E-state index in [2.05, 4.69) is 14.8 Å². The van der Waals surface area contributed by atoms with E-state index in [4.69, 9.17) is 5.11 Å². The van der Waals surface area contributed by atoms with Gasteiger partial charge in [-0.05, 0) is 12.1 Å². The maximum Gasteiger partial charge on any atom is 0.416 e. The third-order valence-electron chi connectivity index (χ3n) is 2.55. The predicted octanol–water partition coefficient (Wildman–Crippen LogP) is 0.218. The van der Waals surface area contributed by atoms with Crippen LogP contribution in [-0.2, 0) is 9.53 Å². The molecule has 0 aliphatic carbocycles. The molecule has 0 aliphatic heterocycles. The van der Waals surface area contributed by atoms with Crippen LogP contribution in [0.15, 0.2) is 35.1 Å². The number of amides is 1. The lowest BCUT2D eigenvalue weighted by molar-refractivity contribution is -0.135. The summed E-state index contributed by atoms with van der Waals surface area (Å²) in [4.78, 5) is 37.3. The van der Waals surface area contributed by atoms with Crippen molar-refractivity contribution in [1.29, 1.82) is 0 Å². The van der Waals surface area contributed by atoms with Gasteiger partial charge in [0.1, 0.15) is 6.54 Å². The van der Waals surface area contributed by atoms with Crippen LogP contribution in [0.5, 0.6) is 0 Å². The molecule has 0 aliphatic rings. The Morgan fingerprint density at radius 1 is 1.38 bits per heavy atom. The zero-order valence-electron chi connectivity index (χ0n) is 11.0. The number of carboxylic acid groups (broad SMARTS) is 1. The van der Waals surface area contributed by atoms with Crippen molar-refractivity contribution in [3.8, 4) is 5.69 Å². The summed E-state index contributed by atoms with van der Waals surface area (Å²) in [7, 11) is 1.10. The van der Waals surface area contributed by atoms with Crippen LogP contribution in [0.4, 0.5) is 10.7 Å². The van der Waals surface area contributed by atoms with Crippen LogP contribution in [0.3, 0.4) is 0 Å². The molecule has 9 heteroatoms. The van der Waals surface area contributed by atoms with Gasteiger partial charge in [-0.1, -0.05) is 18.2 Å². The molecular formula is C12H12N4O5. The van der Waals surface area contributed by atoms with Gasteiger partial charge in [0.2, 0.25) is 5.95 Å². The molecule has 1 aromatic carbocycles. The largest absolute Gasteiger partial charge is 0.480 e. The number of rotatable bonds is 4. The van der Waals surface area contributed by atoms with Crippen molar-refractivity contribution >= 4 is 18.0 Å². The molecule has 0 saturated carbocycles. The number of anilines is 1. The fourth-order valence-electron chi connectivity index (χ4n) is 1.65. The van der Waals surface area contributed by atoms with Crippen LogP contribution in [0.1, 0.15) is 0 Å². The number of carbonyl (C=O) groups excluding carboxylic acids is 1. The number of benzene rings is 1. The standard InChI is InChI=1S/C12H12N4O5/c1-21-12(20)15(7-9(17)18)10-13-11(19)16(14-10)8-5-3-2-4-6-8/h2-6H,7H2,1H3,(H,17,18)(H,13,14,19). The molecule has 0 bridgehead atoms. The van der Waals surface area contributed by atoms with Crippen molar-refractivity contribution in [2.45, 2.75) is 0 Å². The van der Waals surface area contributed by atoms with Gasteiger partial charge in [0, 0.05) is 0 Å². The van der Waals surface area contributed by atoms with Crippen molar-refractivity contribution in [2.75, 3.05) is 18.6 Å². The van der Waals surface area contributed by atoms with E-state index in [0.717, 1.165) is 11.8 Å². The molecule has 0 saturated heterocycles. The number of nitrogens with one attached hydrogen (secondary N) is 1. The summed E-state index contributed by atoms with van der Waals surface area (Å²) >= 11 is 0. The van der Waals surface area contributed by atoms with Gasteiger partial charge >= 0.3 is 17.8 Å². The number of carboxylic acids is 1. The normalized spacial score (nSPS) is 10.1. The van der Waals surface area contributed by atoms with Crippen LogP contribution in [-0.4, -0.2) is 45.6 Å². The second-order valence-corrected chi connectivity index (χ2v) is 3.95. The number of aliphatic carboxylic acids is 1. The highest BCUT2D eigenvalue weighted by molar-refractivity contribution is 5.90. The average molecular weight is 292 g/mol. The first-order valence-electron chi connectivity index (χ1n) is 5.85. The highest BCUT2D eigenvalue weighted by Gasteiger charge is 2.23. The first kappa shape index (κ1) is 14.3. The third kappa shape index (κ3) is 3.08. The fourth-order valence-corrected chi connectivity index (χ4v) is 1.65. The smallest absolute Gasteiger partial charge is 0.416 e. The van der Waals surface area contributed by atoms with Crippen LogP contribution in [0, 0.1) is 0 Å². The molecule has 110 valence electrons. The van der Waals surface area contributed by atoms with Crippen molar-refractivity contribution in [3.05, 3.63) is 40.8 Å². The Balaban J connectivity index is 2.42. The zero-order valence-corrected chi connectivity index (χ0v) is 11.0. The predicted molar refractivity (Wildman–Crippen MR) is 71.6 cm³/mol. The van der Waals surface area contributed by atoms with E-state index in [1.165, 1.54) is 0 Å². The summed E-state index contributed by atoms with van der Waals surface area (Å²) in [5.74, 6) is -1.48. The minimum Gasteiger partial charge on any atom is -0.480 e. The number of carbonyl (C=O) groups is 2. The zero-order chi connectivity index (χ0) is 15.4. The van der Waals surface area contributed by atoms with Crippen molar-refractivity contribution < 1.29 is 19.4 Å². The first-order valence-corrected chi connectivity index (χ1v) is 5.85. The second-order valence-electron chi connectivity index (χ2n) is 3.95. The molecule has 2 rings (SSSR count). The summed E-state index contributed by atoms with van der Waals surface area (Å²) in [6.45, 7) is -0.686. The number of aromatic amines is 1. The second kappa shape index (κ2) is 5.90. The maximum atomic E-state index is 11.9. The molecule has 0 fully saturated rings. The van der Waals surface area contributed by atoms with Gasteiger partial charge in [0.15, 0.2) is 0 Å². The van der Waals surface area contributed by atoms with Gasteiger partial charge in [-0.2, -0.15) is 4.68 Å². The quantitative estimate of drug-likeness (QED) is 0.832. The number of ether oxygens (including phenoxy) is 1. The van der Waals surface area contributed by atoms with Crippen molar-refractivity contribution in [3.63, 3.8) is 0 Å². The number of hydrogen-bond donors (Lipinski definition) is 2. The third-order valence-corrected chi connectivity index (χ3v) is 2.55. The number of nitrogens with zero attached hydrogens (tertiary/aromatic N) is 3. The lowest BCUT2D eigenvalue weighted by Crippen LogP contribution is -2.36. The summed E-state index contributed by atoms with van der Waals surface area (Å²) in [6.07, 6.45) is -0.939. The van der Waals surface area contributed by atoms with Crippen molar-refractivity contribution in [1.82, 2.24) is 14.8 Å². The van der Waals surface area contributed by atoms with E-state index in [9.17, 15) is 14.4 Å². The minimum atomic E-state index is -1.27. The fraction of sp³-hybridized carbons (Fsp3) is 0.167. The molecule has 2 N–H and O–H groups in total. The Hall–Kier alpha value is -3.10. The van der Waals surface area contributed by atoms with E-state index < -0.39 is 24.3 Å². The van der Waals surface area contributed by atoms with Crippen LogP contribution < -0.4 is 10.6 Å². The average Bonchev–Trinajstić information content (AvgIpc) is 2.86. The highest BCUT2D eigenvalue weighted by atomic mass is 16.5. The van der Waals surface area contributed by atoms with E-state index in [1.54, 1.807) is 30.3 Å². The van der Waals surface area contributed by atoms with Crippen LogP contribution >= 0.6 is 0 Å². The van der Waals surface area contributed by atoms with Gasteiger partial charge in [-0.25, -0.2) is 14.5 Å². The molecule has 21 heavy (non-hydrogen) atoms. The topological polar surface area (TPSA) is 118 Å². The van der Waals surface area contributed by atoms with Gasteiger partial charge < -0.3 is 9.84 Å². The van der Waals surface area contributed by atoms with E-state index >= 15 is 0 Å².